The molecule has 1 aliphatic heterocycles. The number of fused-ring (bicyclic) bond motifs is 1. The van der Waals surface area contributed by atoms with Crippen molar-refractivity contribution in [1.82, 2.24) is 24.2 Å². The molecule has 3 heterocycles. The van der Waals surface area contributed by atoms with Gasteiger partial charge >= 0.3 is 0 Å². The maximum atomic E-state index is 12.4. The van der Waals surface area contributed by atoms with Crippen LogP contribution in [0.25, 0.3) is 11.2 Å². The lowest BCUT2D eigenvalue weighted by molar-refractivity contribution is -0.155. The highest BCUT2D eigenvalue weighted by Gasteiger charge is 2.58. The standard InChI is InChI=1S/C30H37N7O6S/c1-3-15-44(41,42)34-17-22-35-26(32-16-21(19-11-7-5-8-12-19)20-13-9-6-10-14-20)23-27(36-22)37(18-33-23)28-24(38)25(39)30(4-2,43-28)29(31)40/h5-14,18,21,24-25,28,34,38-39H,3-4,15-17H2,1-2H3,(H2,31,40)(H,32,35,36)/t24-,25+,28-,30+/m1/s1. The molecule has 2 aromatic heterocycles. The number of amides is 1. The summed E-state index contributed by atoms with van der Waals surface area (Å²) >= 11 is 0. The van der Waals surface area contributed by atoms with E-state index in [1.54, 1.807) is 13.8 Å². The average Bonchev–Trinajstić information content (AvgIpc) is 3.56. The second kappa shape index (κ2) is 13.0. The van der Waals surface area contributed by atoms with E-state index in [1.165, 1.54) is 10.9 Å². The molecule has 5 rings (SSSR count). The molecule has 44 heavy (non-hydrogen) atoms. The minimum atomic E-state index is -3.57. The van der Waals surface area contributed by atoms with E-state index in [4.69, 9.17) is 10.5 Å². The van der Waals surface area contributed by atoms with Gasteiger partial charge in [0.05, 0.1) is 18.6 Å². The van der Waals surface area contributed by atoms with E-state index in [9.17, 15) is 23.4 Å². The molecular formula is C30H37N7O6S. The highest BCUT2D eigenvalue weighted by Crippen LogP contribution is 2.40. The summed E-state index contributed by atoms with van der Waals surface area (Å²) in [4.78, 5) is 26.0. The molecule has 14 heteroatoms. The Morgan fingerprint density at radius 3 is 2.25 bits per heavy atom. The molecule has 1 aliphatic rings. The molecule has 234 valence electrons. The van der Waals surface area contributed by atoms with Crippen molar-refractivity contribution in [2.24, 2.45) is 5.73 Å². The van der Waals surface area contributed by atoms with E-state index in [0.29, 0.717) is 24.3 Å². The normalized spacial score (nSPS) is 22.1. The molecule has 1 amide bonds. The van der Waals surface area contributed by atoms with E-state index < -0.39 is 40.0 Å². The predicted octanol–water partition coefficient (Wildman–Crippen LogP) is 1.78. The van der Waals surface area contributed by atoms with Crippen LogP contribution in [-0.2, 0) is 26.1 Å². The number of hydrogen-bond acceptors (Lipinski definition) is 10. The van der Waals surface area contributed by atoms with Crippen LogP contribution in [0.2, 0.25) is 0 Å². The molecule has 13 nitrogen and oxygen atoms in total. The lowest BCUT2D eigenvalue weighted by Gasteiger charge is -2.26. The van der Waals surface area contributed by atoms with Gasteiger partial charge in [-0.3, -0.25) is 9.36 Å². The van der Waals surface area contributed by atoms with Crippen LogP contribution >= 0.6 is 0 Å². The first-order chi connectivity index (χ1) is 21.1. The van der Waals surface area contributed by atoms with Crippen LogP contribution in [0.15, 0.2) is 67.0 Å². The summed E-state index contributed by atoms with van der Waals surface area (Å²) in [5, 5.41) is 25.1. The number of ether oxygens (including phenoxy) is 1. The number of hydrogen-bond donors (Lipinski definition) is 5. The number of carbonyl (C=O) groups is 1. The Hall–Kier alpha value is -3.95. The maximum absolute atomic E-state index is 12.4. The first-order valence-corrected chi connectivity index (χ1v) is 16.1. The summed E-state index contributed by atoms with van der Waals surface area (Å²) in [6.07, 6.45) is -2.54. The lowest BCUT2D eigenvalue weighted by atomic mass is 9.91. The first kappa shape index (κ1) is 31.5. The van der Waals surface area contributed by atoms with Gasteiger partial charge in [-0.05, 0) is 24.0 Å². The Balaban J connectivity index is 1.55. The largest absolute Gasteiger partial charge is 0.387 e. The third-order valence-corrected chi connectivity index (χ3v) is 9.44. The van der Waals surface area contributed by atoms with Crippen LogP contribution < -0.4 is 15.8 Å². The monoisotopic (exact) mass is 623 g/mol. The van der Waals surface area contributed by atoms with Crippen molar-refractivity contribution in [3.8, 4) is 0 Å². The number of primary amides is 1. The average molecular weight is 624 g/mol. The van der Waals surface area contributed by atoms with Gasteiger partial charge in [-0.25, -0.2) is 28.1 Å². The molecule has 2 aromatic carbocycles. The summed E-state index contributed by atoms with van der Waals surface area (Å²) in [5.74, 6) is -0.552. The fourth-order valence-corrected chi connectivity index (χ4v) is 6.57. The smallest absolute Gasteiger partial charge is 0.252 e. The summed E-state index contributed by atoms with van der Waals surface area (Å²) in [6.45, 7) is 3.60. The van der Waals surface area contributed by atoms with Crippen LogP contribution in [0.3, 0.4) is 0 Å². The fourth-order valence-electron chi connectivity index (χ4n) is 5.54. The Morgan fingerprint density at radius 1 is 1.07 bits per heavy atom. The first-order valence-electron chi connectivity index (χ1n) is 14.5. The zero-order valence-corrected chi connectivity index (χ0v) is 25.3. The number of rotatable bonds is 13. The van der Waals surface area contributed by atoms with Crippen molar-refractivity contribution in [3.63, 3.8) is 0 Å². The van der Waals surface area contributed by atoms with Gasteiger partial charge in [-0.15, -0.1) is 0 Å². The molecule has 0 aliphatic carbocycles. The van der Waals surface area contributed by atoms with E-state index in [2.05, 4.69) is 25.0 Å². The molecule has 1 fully saturated rings. The molecule has 6 N–H and O–H groups in total. The second-order valence-electron chi connectivity index (χ2n) is 10.8. The fraction of sp³-hybridized carbons (Fsp3) is 0.400. The highest BCUT2D eigenvalue weighted by atomic mass is 32.2. The van der Waals surface area contributed by atoms with Gasteiger partial charge < -0.3 is 26.0 Å². The molecule has 4 aromatic rings. The van der Waals surface area contributed by atoms with E-state index >= 15 is 0 Å². The number of aliphatic hydroxyl groups is 2. The topological polar surface area (TPSA) is 195 Å². The van der Waals surface area contributed by atoms with Gasteiger partial charge in [0, 0.05) is 12.5 Å². The van der Waals surface area contributed by atoms with Gasteiger partial charge in [-0.2, -0.15) is 0 Å². The van der Waals surface area contributed by atoms with Crippen LogP contribution in [0.4, 0.5) is 5.82 Å². The molecule has 0 unspecified atom stereocenters. The SMILES string of the molecule is CCCS(=O)(=O)NCc1nc(NCC(c2ccccc2)c2ccccc2)c2ncn([C@@H]3O[C@](CC)(C(N)=O)[C@@H](O)[C@H]3O)c2n1. The highest BCUT2D eigenvalue weighted by molar-refractivity contribution is 7.89. The summed E-state index contributed by atoms with van der Waals surface area (Å²) in [7, 11) is -3.57. The number of aromatic nitrogens is 4. The van der Waals surface area contributed by atoms with Gasteiger partial charge in [0.1, 0.15) is 18.0 Å². The van der Waals surface area contributed by atoms with Crippen molar-refractivity contribution in [2.75, 3.05) is 17.6 Å². The number of carbonyl (C=O) groups excluding carboxylic acids is 1. The zero-order valence-electron chi connectivity index (χ0n) is 24.5. The summed E-state index contributed by atoms with van der Waals surface area (Å²) in [6, 6.07) is 20.0. The number of imidazole rings is 1. The van der Waals surface area contributed by atoms with Crippen molar-refractivity contribution in [3.05, 3.63) is 83.9 Å². The van der Waals surface area contributed by atoms with Gasteiger partial charge in [0.2, 0.25) is 10.0 Å². The maximum Gasteiger partial charge on any atom is 0.252 e. The Labute approximate surface area is 255 Å². The predicted molar refractivity (Wildman–Crippen MR) is 164 cm³/mol. The number of benzene rings is 2. The summed E-state index contributed by atoms with van der Waals surface area (Å²) in [5.41, 5.74) is 6.45. The molecule has 1 saturated heterocycles. The number of aliphatic hydroxyl groups excluding tert-OH is 2. The lowest BCUT2D eigenvalue weighted by Crippen LogP contribution is -2.52. The minimum Gasteiger partial charge on any atom is -0.387 e. The van der Waals surface area contributed by atoms with Gasteiger partial charge in [0.15, 0.2) is 28.8 Å². The van der Waals surface area contributed by atoms with Gasteiger partial charge in [-0.1, -0.05) is 74.5 Å². The van der Waals surface area contributed by atoms with Gasteiger partial charge in [0.25, 0.3) is 5.91 Å². The second-order valence-corrected chi connectivity index (χ2v) is 12.7. The molecule has 0 saturated carbocycles. The van der Waals surface area contributed by atoms with Crippen LogP contribution in [-0.4, -0.2) is 74.2 Å². The number of anilines is 1. The quantitative estimate of drug-likeness (QED) is 0.147. The van der Waals surface area contributed by atoms with Crippen molar-refractivity contribution in [1.29, 1.82) is 0 Å². The van der Waals surface area contributed by atoms with Crippen molar-refractivity contribution >= 4 is 32.9 Å². The zero-order chi connectivity index (χ0) is 31.5. The molecular weight excluding hydrogens is 586 g/mol. The minimum absolute atomic E-state index is 0.0241. The Morgan fingerprint density at radius 2 is 1.70 bits per heavy atom. The van der Waals surface area contributed by atoms with Crippen molar-refractivity contribution < 1.29 is 28.2 Å². The van der Waals surface area contributed by atoms with E-state index in [-0.39, 0.29) is 36.1 Å². The van der Waals surface area contributed by atoms with E-state index in [0.717, 1.165) is 11.1 Å². The third-order valence-electron chi connectivity index (χ3n) is 7.91. The van der Waals surface area contributed by atoms with E-state index in [1.807, 2.05) is 60.7 Å². The van der Waals surface area contributed by atoms with Crippen LogP contribution in [0.5, 0.6) is 0 Å². The van der Waals surface area contributed by atoms with Crippen LogP contribution in [0.1, 0.15) is 55.8 Å². The number of sulfonamides is 1. The third kappa shape index (κ3) is 6.16. The summed E-state index contributed by atoms with van der Waals surface area (Å²) < 4.78 is 34.7. The number of nitrogens with one attached hydrogen (secondary N) is 2. The molecule has 0 spiro atoms. The molecule has 4 atom stereocenters. The van der Waals surface area contributed by atoms with Crippen molar-refractivity contribution in [2.45, 2.75) is 63.2 Å². The van der Waals surface area contributed by atoms with Crippen LogP contribution in [0, 0.1) is 0 Å². The number of nitrogens with zero attached hydrogens (tertiary/aromatic N) is 4. The molecule has 0 radical (unpaired) electrons. The molecule has 0 bridgehead atoms. The Kier molecular flexibility index (Phi) is 9.27. The Bertz CT molecular complexity index is 1660. The number of nitrogens with two attached hydrogens (primary N) is 1.